The van der Waals surface area contributed by atoms with E-state index in [4.69, 9.17) is 5.11 Å². The number of aryl methyl sites for hydroxylation is 4. The Hall–Kier alpha value is -1.94. The number of hydrogen-bond donors (Lipinski definition) is 1. The van der Waals surface area contributed by atoms with Crippen LogP contribution in [0.3, 0.4) is 0 Å². The van der Waals surface area contributed by atoms with E-state index in [2.05, 4.69) is 32.9 Å². The van der Waals surface area contributed by atoms with E-state index in [1.165, 1.54) is 16.0 Å². The maximum absolute atomic E-state index is 13.0. The molecule has 1 heterocycles. The topological polar surface area (TPSA) is 54.4 Å². The molecule has 156 valence electrons. The van der Waals surface area contributed by atoms with E-state index < -0.39 is 5.97 Å². The number of Topliss-reactive ketones (excluding diaryl/α,β-unsaturated/α-hetero) is 1. The van der Waals surface area contributed by atoms with E-state index in [1.807, 2.05) is 13.8 Å². The van der Waals surface area contributed by atoms with Crippen molar-refractivity contribution in [3.8, 4) is 0 Å². The minimum atomic E-state index is -0.767. The number of benzene rings is 1. The highest BCUT2D eigenvalue weighted by molar-refractivity contribution is 7.14. The van der Waals surface area contributed by atoms with E-state index in [9.17, 15) is 9.59 Å². The Morgan fingerprint density at radius 2 is 1.69 bits per heavy atom. The van der Waals surface area contributed by atoms with Crippen LogP contribution in [0.25, 0.3) is 0 Å². The first kappa shape index (κ1) is 21.8. The molecule has 0 saturated heterocycles. The van der Waals surface area contributed by atoms with Crippen molar-refractivity contribution in [3.63, 3.8) is 0 Å². The second kappa shape index (κ2) is 8.43. The van der Waals surface area contributed by atoms with Gasteiger partial charge >= 0.3 is 5.97 Å². The Morgan fingerprint density at radius 1 is 1.03 bits per heavy atom. The Labute approximate surface area is 178 Å². The van der Waals surface area contributed by atoms with Gasteiger partial charge in [-0.2, -0.15) is 0 Å². The highest BCUT2D eigenvalue weighted by Crippen LogP contribution is 2.41. The molecule has 4 heteroatoms. The van der Waals surface area contributed by atoms with Crippen molar-refractivity contribution in [1.29, 1.82) is 0 Å². The fourth-order valence-corrected chi connectivity index (χ4v) is 5.79. The van der Waals surface area contributed by atoms with Crippen LogP contribution >= 0.6 is 11.3 Å². The SMILES string of the molecule is Cc1cc(CCC(=O)c2sc(C)c3c2CCC(C)(C)C3)cc(C)c1CCC(=O)O. The van der Waals surface area contributed by atoms with Gasteiger partial charge in [0.2, 0.25) is 0 Å². The van der Waals surface area contributed by atoms with Crippen LogP contribution in [0.5, 0.6) is 0 Å². The maximum atomic E-state index is 13.0. The summed E-state index contributed by atoms with van der Waals surface area (Å²) in [5.74, 6) is -0.499. The maximum Gasteiger partial charge on any atom is 0.303 e. The Kier molecular flexibility index (Phi) is 6.33. The summed E-state index contributed by atoms with van der Waals surface area (Å²) < 4.78 is 0. The lowest BCUT2D eigenvalue weighted by Gasteiger charge is -2.30. The summed E-state index contributed by atoms with van der Waals surface area (Å²) in [6.45, 7) is 10.9. The van der Waals surface area contributed by atoms with E-state index in [0.29, 0.717) is 18.3 Å². The Bertz CT molecular complexity index is 926. The first-order chi connectivity index (χ1) is 13.6. The highest BCUT2D eigenvalue weighted by atomic mass is 32.1. The summed E-state index contributed by atoms with van der Waals surface area (Å²) in [5.41, 5.74) is 7.60. The number of carboxylic acid groups (broad SMARTS) is 1. The Balaban J connectivity index is 1.71. The molecule has 1 N–H and O–H groups in total. The average Bonchev–Trinajstić information content (AvgIpc) is 2.94. The number of thiophene rings is 1. The van der Waals surface area contributed by atoms with Gasteiger partial charge in [0.15, 0.2) is 5.78 Å². The molecule has 0 unspecified atom stereocenters. The minimum absolute atomic E-state index is 0.152. The van der Waals surface area contributed by atoms with Crippen molar-refractivity contribution in [3.05, 3.63) is 55.3 Å². The molecule has 2 aromatic rings. The fraction of sp³-hybridized carbons (Fsp3) is 0.520. The van der Waals surface area contributed by atoms with Gasteiger partial charge in [-0.1, -0.05) is 26.0 Å². The summed E-state index contributed by atoms with van der Waals surface area (Å²) in [4.78, 5) is 26.2. The second-order valence-corrected chi connectivity index (χ2v) is 10.5. The molecule has 0 atom stereocenters. The smallest absolute Gasteiger partial charge is 0.303 e. The summed E-state index contributed by atoms with van der Waals surface area (Å²) in [6.07, 6.45) is 5.22. The van der Waals surface area contributed by atoms with Gasteiger partial charge in [0.05, 0.1) is 4.88 Å². The number of aliphatic carboxylic acids is 1. The van der Waals surface area contributed by atoms with Gasteiger partial charge in [0.25, 0.3) is 0 Å². The molecular formula is C25H32O3S. The van der Waals surface area contributed by atoms with Crippen molar-refractivity contribution >= 4 is 23.1 Å². The molecule has 0 bridgehead atoms. The number of carboxylic acids is 1. The zero-order valence-corrected chi connectivity index (χ0v) is 19.1. The Morgan fingerprint density at radius 3 is 2.31 bits per heavy atom. The fourth-order valence-electron chi connectivity index (χ4n) is 4.60. The molecule has 0 fully saturated rings. The zero-order valence-electron chi connectivity index (χ0n) is 18.3. The normalized spacial score (nSPS) is 15.2. The van der Waals surface area contributed by atoms with Crippen molar-refractivity contribution in [2.45, 2.75) is 79.6 Å². The summed E-state index contributed by atoms with van der Waals surface area (Å²) in [7, 11) is 0. The van der Waals surface area contributed by atoms with Crippen molar-refractivity contribution in [2.24, 2.45) is 5.41 Å². The molecule has 0 saturated carbocycles. The molecule has 0 amide bonds. The lowest BCUT2D eigenvalue weighted by Crippen LogP contribution is -2.22. The standard InChI is InChI=1S/C25H32O3S/c1-15-12-18(13-16(2)19(15)7-9-23(27)28)6-8-22(26)24-20-10-11-25(4,5)14-21(20)17(3)29-24/h12-13H,6-11,14H2,1-5H3,(H,27,28). The third-order valence-corrected chi connectivity index (χ3v) is 7.50. The molecule has 29 heavy (non-hydrogen) atoms. The van der Waals surface area contributed by atoms with Crippen LogP contribution in [-0.2, 0) is 30.5 Å². The van der Waals surface area contributed by atoms with Gasteiger partial charge in [0.1, 0.15) is 0 Å². The number of carbonyl (C=O) groups is 2. The predicted octanol–water partition coefficient (Wildman–Crippen LogP) is 6.02. The third kappa shape index (κ3) is 4.98. The first-order valence-electron chi connectivity index (χ1n) is 10.5. The van der Waals surface area contributed by atoms with Gasteiger partial charge in [-0.25, -0.2) is 0 Å². The molecular weight excluding hydrogens is 380 g/mol. The van der Waals surface area contributed by atoms with E-state index in [-0.39, 0.29) is 12.2 Å². The largest absolute Gasteiger partial charge is 0.481 e. The van der Waals surface area contributed by atoms with Gasteiger partial charge in [-0.05, 0) is 91.7 Å². The van der Waals surface area contributed by atoms with Crippen molar-refractivity contribution < 1.29 is 14.7 Å². The van der Waals surface area contributed by atoms with Crippen LogP contribution in [0.2, 0.25) is 0 Å². The monoisotopic (exact) mass is 412 g/mol. The number of rotatable bonds is 7. The van der Waals surface area contributed by atoms with Crippen LogP contribution < -0.4 is 0 Å². The van der Waals surface area contributed by atoms with Crippen LogP contribution in [0, 0.1) is 26.2 Å². The highest BCUT2D eigenvalue weighted by Gasteiger charge is 2.31. The van der Waals surface area contributed by atoms with Crippen LogP contribution in [0.15, 0.2) is 12.1 Å². The molecule has 0 spiro atoms. The summed E-state index contributed by atoms with van der Waals surface area (Å²) in [6, 6.07) is 4.24. The zero-order chi connectivity index (χ0) is 21.3. The molecule has 3 rings (SSSR count). The molecule has 1 aromatic heterocycles. The number of fused-ring (bicyclic) bond motifs is 1. The molecule has 1 aliphatic rings. The van der Waals surface area contributed by atoms with Gasteiger partial charge < -0.3 is 5.11 Å². The molecule has 0 aliphatic heterocycles. The number of carbonyl (C=O) groups excluding carboxylic acids is 1. The molecule has 1 aromatic carbocycles. The van der Waals surface area contributed by atoms with E-state index in [0.717, 1.165) is 52.8 Å². The average molecular weight is 413 g/mol. The predicted molar refractivity (Wildman–Crippen MR) is 119 cm³/mol. The molecule has 3 nitrogen and oxygen atoms in total. The lowest BCUT2D eigenvalue weighted by molar-refractivity contribution is -0.136. The van der Waals surface area contributed by atoms with Gasteiger partial charge in [0, 0.05) is 17.7 Å². The third-order valence-electron chi connectivity index (χ3n) is 6.26. The first-order valence-corrected chi connectivity index (χ1v) is 11.3. The summed E-state index contributed by atoms with van der Waals surface area (Å²) in [5, 5.41) is 8.94. The second-order valence-electron chi connectivity index (χ2n) is 9.31. The van der Waals surface area contributed by atoms with Gasteiger partial charge in [-0.3, -0.25) is 9.59 Å². The number of ketones is 1. The molecule has 1 aliphatic carbocycles. The quantitative estimate of drug-likeness (QED) is 0.566. The van der Waals surface area contributed by atoms with Crippen molar-refractivity contribution in [1.82, 2.24) is 0 Å². The van der Waals surface area contributed by atoms with E-state index in [1.54, 1.807) is 11.3 Å². The van der Waals surface area contributed by atoms with E-state index >= 15 is 0 Å². The van der Waals surface area contributed by atoms with Crippen molar-refractivity contribution in [2.75, 3.05) is 0 Å². The minimum Gasteiger partial charge on any atom is -0.481 e. The van der Waals surface area contributed by atoms with Crippen LogP contribution in [0.4, 0.5) is 0 Å². The van der Waals surface area contributed by atoms with Crippen LogP contribution in [-0.4, -0.2) is 16.9 Å². The van der Waals surface area contributed by atoms with Gasteiger partial charge in [-0.15, -0.1) is 11.3 Å². The molecule has 0 radical (unpaired) electrons. The summed E-state index contributed by atoms with van der Waals surface area (Å²) >= 11 is 1.69. The van der Waals surface area contributed by atoms with Crippen LogP contribution in [0.1, 0.15) is 81.0 Å². The number of hydrogen-bond acceptors (Lipinski definition) is 3. The lowest BCUT2D eigenvalue weighted by atomic mass is 9.74.